The van der Waals surface area contributed by atoms with Gasteiger partial charge in [-0.2, -0.15) is 0 Å². The van der Waals surface area contributed by atoms with Gasteiger partial charge in [0, 0.05) is 30.0 Å². The molecule has 2 fully saturated rings. The minimum absolute atomic E-state index is 0.158. The molecule has 138 valence electrons. The Morgan fingerprint density at radius 1 is 1.28 bits per heavy atom. The number of fused-ring (bicyclic) bond motifs is 1. The molecule has 1 aromatic rings. The Bertz CT molecular complexity index is 736. The van der Waals surface area contributed by atoms with Crippen molar-refractivity contribution in [2.75, 3.05) is 12.8 Å². The predicted octanol–water partition coefficient (Wildman–Crippen LogP) is 4.96. The van der Waals surface area contributed by atoms with Gasteiger partial charge in [-0.3, -0.25) is 4.79 Å². The summed E-state index contributed by atoms with van der Waals surface area (Å²) in [5, 5.41) is 0. The largest absolute Gasteiger partial charge is 0.299 e. The van der Waals surface area contributed by atoms with E-state index in [4.69, 9.17) is 0 Å². The van der Waals surface area contributed by atoms with Crippen LogP contribution in [0.2, 0.25) is 0 Å². The number of carbonyl (C=O) groups is 1. The fraction of sp³-hybridized carbons (Fsp3) is 0.667. The van der Waals surface area contributed by atoms with Crippen molar-refractivity contribution >= 4 is 15.5 Å². The second kappa shape index (κ2) is 7.22. The van der Waals surface area contributed by atoms with Crippen molar-refractivity contribution in [1.29, 1.82) is 0 Å². The molecule has 0 heterocycles. The highest BCUT2D eigenvalue weighted by atomic mass is 32.2. The van der Waals surface area contributed by atoms with Crippen molar-refractivity contribution < 1.29 is 9.00 Å². The molecule has 0 amide bonds. The van der Waals surface area contributed by atoms with Crippen molar-refractivity contribution in [1.82, 2.24) is 0 Å². The van der Waals surface area contributed by atoms with Crippen LogP contribution in [0.25, 0.3) is 0 Å². The molecular weight excluding hydrogens is 330 g/mol. The summed E-state index contributed by atoms with van der Waals surface area (Å²) < 4.78 is 17.5. The number of hydrogen-bond acceptors (Lipinski definition) is 3. The standard InChI is InChI=1S/C21H31NO2S/c1-16(13-15-25(24,22-3)17-8-5-4-6-9-17)18-11-12-19-20(23)10-7-14-21(18,19)2/h4-6,8-9,16,18-19H,7,10-15H2,1-3H3. The number of carbonyl (C=O) groups excluding carboxylic acids is 1. The van der Waals surface area contributed by atoms with Gasteiger partial charge in [0.2, 0.25) is 0 Å². The highest BCUT2D eigenvalue weighted by Gasteiger charge is 2.52. The van der Waals surface area contributed by atoms with Crippen molar-refractivity contribution in [3.8, 4) is 0 Å². The maximum atomic E-state index is 13.3. The fourth-order valence-electron chi connectivity index (χ4n) is 5.40. The first-order valence-corrected chi connectivity index (χ1v) is 11.3. The second-order valence-electron chi connectivity index (χ2n) is 8.17. The van der Waals surface area contributed by atoms with E-state index in [0.717, 1.165) is 37.0 Å². The Hall–Kier alpha value is -1.16. The van der Waals surface area contributed by atoms with Crippen LogP contribution < -0.4 is 0 Å². The molecule has 25 heavy (non-hydrogen) atoms. The van der Waals surface area contributed by atoms with Crippen molar-refractivity contribution in [3.63, 3.8) is 0 Å². The monoisotopic (exact) mass is 361 g/mol. The van der Waals surface area contributed by atoms with Crippen molar-refractivity contribution in [2.45, 2.75) is 57.3 Å². The van der Waals surface area contributed by atoms with Gasteiger partial charge < -0.3 is 0 Å². The number of hydrogen-bond donors (Lipinski definition) is 0. The van der Waals surface area contributed by atoms with E-state index in [0.29, 0.717) is 23.4 Å². The summed E-state index contributed by atoms with van der Waals surface area (Å²) in [4.78, 5) is 13.2. The molecule has 2 saturated carbocycles. The third-order valence-corrected chi connectivity index (χ3v) is 9.27. The Morgan fingerprint density at radius 3 is 2.68 bits per heavy atom. The van der Waals surface area contributed by atoms with E-state index in [-0.39, 0.29) is 11.3 Å². The zero-order valence-electron chi connectivity index (χ0n) is 15.7. The first-order chi connectivity index (χ1) is 11.9. The van der Waals surface area contributed by atoms with Gasteiger partial charge in [0.05, 0.1) is 9.73 Å². The molecule has 0 bridgehead atoms. The van der Waals surface area contributed by atoms with E-state index in [1.54, 1.807) is 7.05 Å². The maximum absolute atomic E-state index is 13.3. The minimum atomic E-state index is -2.33. The lowest BCUT2D eigenvalue weighted by atomic mass is 9.62. The van der Waals surface area contributed by atoms with Crippen LogP contribution in [-0.4, -0.2) is 22.8 Å². The zero-order chi connectivity index (χ0) is 18.1. The smallest absolute Gasteiger partial charge is 0.136 e. The van der Waals surface area contributed by atoms with E-state index in [9.17, 15) is 9.00 Å². The van der Waals surface area contributed by atoms with Crippen molar-refractivity contribution in [2.24, 2.45) is 27.5 Å². The van der Waals surface area contributed by atoms with Gasteiger partial charge in [0.1, 0.15) is 5.78 Å². The maximum Gasteiger partial charge on any atom is 0.136 e. The molecule has 0 aromatic heterocycles. The van der Waals surface area contributed by atoms with E-state index in [2.05, 4.69) is 18.2 Å². The van der Waals surface area contributed by atoms with E-state index in [1.807, 2.05) is 30.3 Å². The molecule has 3 nitrogen and oxygen atoms in total. The first-order valence-electron chi connectivity index (χ1n) is 9.61. The summed E-state index contributed by atoms with van der Waals surface area (Å²) >= 11 is 0. The fourth-order valence-corrected chi connectivity index (χ4v) is 7.30. The molecule has 2 aliphatic carbocycles. The number of Topliss-reactive ketones (excluding diaryl/α,β-unsaturated/α-hetero) is 1. The molecule has 3 rings (SSSR count). The van der Waals surface area contributed by atoms with Crippen LogP contribution in [0.5, 0.6) is 0 Å². The summed E-state index contributed by atoms with van der Waals surface area (Å²) in [7, 11) is -0.659. The number of benzene rings is 1. The lowest BCUT2D eigenvalue weighted by Gasteiger charge is -2.42. The molecular formula is C21H31NO2S. The first kappa shape index (κ1) is 18.6. The van der Waals surface area contributed by atoms with Gasteiger partial charge in [-0.05, 0) is 61.5 Å². The zero-order valence-corrected chi connectivity index (χ0v) is 16.6. The molecule has 4 heteroatoms. The average molecular weight is 362 g/mol. The Kier molecular flexibility index (Phi) is 5.38. The van der Waals surface area contributed by atoms with Crippen LogP contribution >= 0.6 is 0 Å². The second-order valence-corrected chi connectivity index (χ2v) is 10.7. The topological polar surface area (TPSA) is 46.5 Å². The SMILES string of the molecule is CN=S(=O)(CCC(C)C1CCC2C(=O)CCCC21C)c1ccccc1. The Labute approximate surface area is 152 Å². The summed E-state index contributed by atoms with van der Waals surface area (Å²) in [5.74, 6) is 2.41. The van der Waals surface area contributed by atoms with Crippen LogP contribution in [0, 0.1) is 23.2 Å². The quantitative estimate of drug-likeness (QED) is 0.744. The molecule has 0 spiro atoms. The van der Waals surface area contributed by atoms with E-state index in [1.165, 1.54) is 6.42 Å². The number of rotatable bonds is 5. The number of ketones is 1. The lowest BCUT2D eigenvalue weighted by molar-refractivity contribution is -0.130. The lowest BCUT2D eigenvalue weighted by Crippen LogP contribution is -2.39. The highest BCUT2D eigenvalue weighted by Crippen LogP contribution is 2.57. The van der Waals surface area contributed by atoms with Crippen LogP contribution in [-0.2, 0) is 14.5 Å². The Balaban J connectivity index is 1.72. The Morgan fingerprint density at radius 2 is 2.00 bits per heavy atom. The molecule has 0 saturated heterocycles. The summed E-state index contributed by atoms with van der Waals surface area (Å²) in [5.41, 5.74) is 0.158. The van der Waals surface area contributed by atoms with Gasteiger partial charge in [-0.1, -0.05) is 32.0 Å². The van der Waals surface area contributed by atoms with E-state index < -0.39 is 9.73 Å². The van der Waals surface area contributed by atoms with Gasteiger partial charge in [0.25, 0.3) is 0 Å². The normalized spacial score (nSPS) is 32.7. The molecule has 0 aliphatic heterocycles. The summed E-state index contributed by atoms with van der Waals surface area (Å²) in [6, 6.07) is 9.65. The predicted molar refractivity (Wildman–Crippen MR) is 103 cm³/mol. The third kappa shape index (κ3) is 3.42. The molecule has 0 N–H and O–H groups in total. The molecule has 5 unspecified atom stereocenters. The van der Waals surface area contributed by atoms with Gasteiger partial charge >= 0.3 is 0 Å². The molecule has 2 aliphatic rings. The van der Waals surface area contributed by atoms with Crippen LogP contribution in [0.3, 0.4) is 0 Å². The van der Waals surface area contributed by atoms with Gasteiger partial charge in [0.15, 0.2) is 0 Å². The van der Waals surface area contributed by atoms with Gasteiger partial charge in [-0.15, -0.1) is 0 Å². The van der Waals surface area contributed by atoms with Crippen molar-refractivity contribution in [3.05, 3.63) is 30.3 Å². The summed E-state index contributed by atoms with van der Waals surface area (Å²) in [6.07, 6.45) is 6.09. The third-order valence-electron chi connectivity index (χ3n) is 6.88. The van der Waals surface area contributed by atoms with E-state index >= 15 is 0 Å². The minimum Gasteiger partial charge on any atom is -0.299 e. The molecule has 1 aromatic carbocycles. The number of nitrogens with zero attached hydrogens (tertiary/aromatic N) is 1. The molecule has 0 radical (unpaired) electrons. The van der Waals surface area contributed by atoms with Crippen LogP contribution in [0.15, 0.2) is 39.6 Å². The molecule has 5 atom stereocenters. The highest BCUT2D eigenvalue weighted by molar-refractivity contribution is 7.93. The van der Waals surface area contributed by atoms with Crippen LogP contribution in [0.1, 0.15) is 52.4 Å². The average Bonchev–Trinajstić information content (AvgIpc) is 2.98. The summed E-state index contributed by atoms with van der Waals surface area (Å²) in [6.45, 7) is 4.62. The van der Waals surface area contributed by atoms with Crippen LogP contribution in [0.4, 0.5) is 0 Å². The van der Waals surface area contributed by atoms with Gasteiger partial charge in [-0.25, -0.2) is 8.57 Å².